The molecular weight excluding hydrogens is 278 g/mol. The average Bonchev–Trinajstić information content (AvgIpc) is 2.45. The van der Waals surface area contributed by atoms with Crippen molar-refractivity contribution >= 4 is 11.7 Å². The van der Waals surface area contributed by atoms with Crippen molar-refractivity contribution in [1.82, 2.24) is 10.3 Å². The summed E-state index contributed by atoms with van der Waals surface area (Å²) in [4.78, 5) is 18.7. The van der Waals surface area contributed by atoms with Crippen LogP contribution in [-0.4, -0.2) is 41.7 Å². The van der Waals surface area contributed by atoms with Crippen molar-refractivity contribution in [3.05, 3.63) is 23.9 Å². The van der Waals surface area contributed by atoms with Gasteiger partial charge >= 0.3 is 0 Å². The molecule has 0 spiro atoms. The second-order valence-corrected chi connectivity index (χ2v) is 6.48. The number of aliphatic hydroxyl groups is 1. The van der Waals surface area contributed by atoms with Crippen molar-refractivity contribution in [2.24, 2.45) is 5.41 Å². The molecule has 1 aromatic heterocycles. The van der Waals surface area contributed by atoms with Crippen LogP contribution < -0.4 is 10.2 Å². The number of pyridine rings is 1. The molecule has 1 unspecified atom stereocenters. The van der Waals surface area contributed by atoms with Gasteiger partial charge in [-0.1, -0.05) is 13.8 Å². The molecular formula is C17H29N3O2. The third-order valence-corrected chi connectivity index (χ3v) is 3.67. The first-order chi connectivity index (χ1) is 10.3. The van der Waals surface area contributed by atoms with E-state index in [2.05, 4.69) is 29.0 Å². The number of aromatic nitrogens is 1. The Labute approximate surface area is 133 Å². The van der Waals surface area contributed by atoms with Gasteiger partial charge in [0.25, 0.3) is 5.91 Å². The lowest BCUT2D eigenvalue weighted by Crippen LogP contribution is -2.35. The predicted octanol–water partition coefficient (Wildman–Crippen LogP) is 2.45. The summed E-state index contributed by atoms with van der Waals surface area (Å²) in [7, 11) is 0. The van der Waals surface area contributed by atoms with Gasteiger partial charge in [-0.2, -0.15) is 0 Å². The zero-order valence-electron chi connectivity index (χ0n) is 14.4. The Balaban J connectivity index is 2.63. The molecule has 0 saturated heterocycles. The molecule has 1 amide bonds. The van der Waals surface area contributed by atoms with Crippen LogP contribution in [0.1, 0.15) is 51.4 Å². The lowest BCUT2D eigenvalue weighted by Gasteiger charge is -2.26. The van der Waals surface area contributed by atoms with E-state index >= 15 is 0 Å². The van der Waals surface area contributed by atoms with Gasteiger partial charge in [0.1, 0.15) is 5.82 Å². The molecule has 0 aliphatic rings. The molecule has 1 heterocycles. The number of hydrogen-bond acceptors (Lipinski definition) is 4. The smallest absolute Gasteiger partial charge is 0.252 e. The Bertz CT molecular complexity index is 465. The van der Waals surface area contributed by atoms with Crippen molar-refractivity contribution in [3.8, 4) is 0 Å². The summed E-state index contributed by atoms with van der Waals surface area (Å²) in [5.41, 5.74) is 0.419. The topological polar surface area (TPSA) is 65.5 Å². The lowest BCUT2D eigenvalue weighted by molar-refractivity contribution is 0.0901. The van der Waals surface area contributed by atoms with Crippen molar-refractivity contribution in [2.45, 2.75) is 47.1 Å². The van der Waals surface area contributed by atoms with Gasteiger partial charge in [0.05, 0.1) is 11.7 Å². The molecule has 1 rings (SSSR count). The van der Waals surface area contributed by atoms with E-state index < -0.39 is 0 Å². The van der Waals surface area contributed by atoms with Crippen molar-refractivity contribution in [1.29, 1.82) is 0 Å². The van der Waals surface area contributed by atoms with Crippen molar-refractivity contribution in [3.63, 3.8) is 0 Å². The first-order valence-corrected chi connectivity index (χ1v) is 7.96. The Morgan fingerprint density at radius 1 is 1.36 bits per heavy atom. The summed E-state index contributed by atoms with van der Waals surface area (Å²) in [5, 5.41) is 12.4. The number of nitrogens with one attached hydrogen (secondary N) is 1. The van der Waals surface area contributed by atoms with E-state index in [1.54, 1.807) is 19.2 Å². The van der Waals surface area contributed by atoms with Gasteiger partial charge < -0.3 is 15.3 Å². The number of carbonyl (C=O) groups is 1. The quantitative estimate of drug-likeness (QED) is 0.774. The van der Waals surface area contributed by atoms with E-state index in [4.69, 9.17) is 0 Å². The molecule has 2 N–H and O–H groups in total. The maximum absolute atomic E-state index is 12.2. The molecule has 0 aliphatic heterocycles. The first kappa shape index (κ1) is 18.4. The normalized spacial score (nSPS) is 12.8. The molecule has 5 nitrogen and oxygen atoms in total. The fourth-order valence-corrected chi connectivity index (χ4v) is 2.55. The highest BCUT2D eigenvalue weighted by atomic mass is 16.3. The fraction of sp³-hybridized carbons (Fsp3) is 0.647. The third-order valence-electron chi connectivity index (χ3n) is 3.67. The van der Waals surface area contributed by atoms with Crippen LogP contribution in [0.5, 0.6) is 0 Å². The largest absolute Gasteiger partial charge is 0.393 e. The van der Waals surface area contributed by atoms with E-state index in [0.29, 0.717) is 18.5 Å². The lowest BCUT2D eigenvalue weighted by atomic mass is 9.87. The number of carbonyl (C=O) groups excluding carboxylic acids is 1. The van der Waals surface area contributed by atoms with E-state index in [1.807, 2.05) is 19.9 Å². The molecule has 1 atom stereocenters. The standard InChI is InChI=1S/C17H29N3O2/c1-6-20(7-2)15-9-8-14(11-18-15)16(22)19-12-17(4,5)10-13(3)21/h8-9,11,13,21H,6-7,10,12H2,1-5H3,(H,19,22). The maximum Gasteiger partial charge on any atom is 0.252 e. The molecule has 22 heavy (non-hydrogen) atoms. The Morgan fingerprint density at radius 2 is 2.00 bits per heavy atom. The van der Waals surface area contributed by atoms with Crippen LogP contribution >= 0.6 is 0 Å². The highest BCUT2D eigenvalue weighted by Gasteiger charge is 2.21. The van der Waals surface area contributed by atoms with Crippen LogP contribution in [0.15, 0.2) is 18.3 Å². The van der Waals surface area contributed by atoms with Crippen LogP contribution in [0.2, 0.25) is 0 Å². The minimum absolute atomic E-state index is 0.128. The van der Waals surface area contributed by atoms with Crippen LogP contribution in [0, 0.1) is 5.41 Å². The summed E-state index contributed by atoms with van der Waals surface area (Å²) in [6, 6.07) is 3.68. The highest BCUT2D eigenvalue weighted by molar-refractivity contribution is 5.94. The van der Waals surface area contributed by atoms with Crippen LogP contribution in [0.3, 0.4) is 0 Å². The summed E-state index contributed by atoms with van der Waals surface area (Å²) in [6.45, 7) is 12.3. The second-order valence-electron chi connectivity index (χ2n) is 6.48. The summed E-state index contributed by atoms with van der Waals surface area (Å²) < 4.78 is 0. The number of anilines is 1. The third kappa shape index (κ3) is 5.64. The molecule has 0 radical (unpaired) electrons. The van der Waals surface area contributed by atoms with Gasteiger partial charge in [0.2, 0.25) is 0 Å². The number of hydrogen-bond donors (Lipinski definition) is 2. The Kier molecular flexibility index (Phi) is 6.81. The minimum Gasteiger partial charge on any atom is -0.393 e. The molecule has 124 valence electrons. The van der Waals surface area contributed by atoms with Gasteiger partial charge in [-0.15, -0.1) is 0 Å². The monoisotopic (exact) mass is 307 g/mol. The van der Waals surface area contributed by atoms with Crippen LogP contribution in [-0.2, 0) is 0 Å². The summed E-state index contributed by atoms with van der Waals surface area (Å²) in [5.74, 6) is 0.758. The molecule has 0 aromatic carbocycles. The SMILES string of the molecule is CCN(CC)c1ccc(C(=O)NCC(C)(C)CC(C)O)cn1. The molecule has 0 saturated carbocycles. The summed E-state index contributed by atoms with van der Waals surface area (Å²) in [6.07, 6.45) is 1.89. The minimum atomic E-state index is -0.373. The van der Waals surface area contributed by atoms with Crippen molar-refractivity contribution < 1.29 is 9.90 Å². The first-order valence-electron chi connectivity index (χ1n) is 7.96. The van der Waals surface area contributed by atoms with Gasteiger partial charge in [0.15, 0.2) is 0 Å². The van der Waals surface area contributed by atoms with Gasteiger partial charge in [-0.25, -0.2) is 4.98 Å². The highest BCUT2D eigenvalue weighted by Crippen LogP contribution is 2.21. The number of amides is 1. The molecule has 0 aliphatic carbocycles. The van der Waals surface area contributed by atoms with Gasteiger partial charge in [0, 0.05) is 25.8 Å². The van der Waals surface area contributed by atoms with E-state index in [9.17, 15) is 9.90 Å². The zero-order valence-corrected chi connectivity index (χ0v) is 14.4. The van der Waals surface area contributed by atoms with E-state index in [0.717, 1.165) is 18.9 Å². The molecule has 5 heteroatoms. The molecule has 0 fully saturated rings. The summed E-state index contributed by atoms with van der Waals surface area (Å²) >= 11 is 0. The number of rotatable bonds is 8. The van der Waals surface area contributed by atoms with Gasteiger partial charge in [-0.05, 0) is 44.7 Å². The zero-order chi connectivity index (χ0) is 16.8. The number of aliphatic hydroxyl groups excluding tert-OH is 1. The molecule has 1 aromatic rings. The van der Waals surface area contributed by atoms with Crippen LogP contribution in [0.25, 0.3) is 0 Å². The fourth-order valence-electron chi connectivity index (χ4n) is 2.55. The Morgan fingerprint density at radius 3 is 2.45 bits per heavy atom. The number of nitrogens with zero attached hydrogens (tertiary/aromatic N) is 2. The van der Waals surface area contributed by atoms with E-state index in [1.165, 1.54) is 0 Å². The van der Waals surface area contributed by atoms with Gasteiger partial charge in [-0.3, -0.25) is 4.79 Å². The van der Waals surface area contributed by atoms with Crippen LogP contribution in [0.4, 0.5) is 5.82 Å². The predicted molar refractivity (Wildman–Crippen MR) is 90.2 cm³/mol. The van der Waals surface area contributed by atoms with Crippen molar-refractivity contribution in [2.75, 3.05) is 24.5 Å². The second kappa shape index (κ2) is 8.13. The molecule has 0 bridgehead atoms. The van der Waals surface area contributed by atoms with E-state index in [-0.39, 0.29) is 17.4 Å². The maximum atomic E-state index is 12.2. The average molecular weight is 307 g/mol. The Hall–Kier alpha value is -1.62.